The Hall–Kier alpha value is -3.65. The van der Waals surface area contributed by atoms with Crippen LogP contribution in [-0.4, -0.2) is 62.6 Å². The number of aromatic nitrogens is 3. The molecular formula is C30H34F2N6O2S. The fraction of sp³-hybridized carbons (Fsp3) is 0.467. The smallest absolute Gasteiger partial charge is 0.189 e. The number of carbonyl (C=O) groups excluding carboxylic acids is 1. The number of halogens is 2. The number of nitrogens with zero attached hydrogens (tertiary/aromatic N) is 6. The summed E-state index contributed by atoms with van der Waals surface area (Å²) >= 11 is 0. The van der Waals surface area contributed by atoms with E-state index in [1.54, 1.807) is 20.2 Å². The van der Waals surface area contributed by atoms with Crippen molar-refractivity contribution in [2.24, 2.45) is 16.2 Å². The highest BCUT2D eigenvalue weighted by Gasteiger charge is 2.39. The van der Waals surface area contributed by atoms with E-state index in [0.717, 1.165) is 16.8 Å². The van der Waals surface area contributed by atoms with Crippen molar-refractivity contribution in [3.05, 3.63) is 60.3 Å². The molecule has 5 rings (SSSR count). The van der Waals surface area contributed by atoms with Gasteiger partial charge >= 0.3 is 0 Å². The fourth-order valence-electron chi connectivity index (χ4n) is 5.85. The van der Waals surface area contributed by atoms with Gasteiger partial charge in [0, 0.05) is 83.3 Å². The molecule has 1 aliphatic heterocycles. The minimum atomic E-state index is -2.13. The lowest BCUT2D eigenvalue weighted by molar-refractivity contribution is -0.125. The van der Waals surface area contributed by atoms with Crippen LogP contribution in [0.3, 0.4) is 0 Å². The zero-order chi connectivity index (χ0) is 29.1. The van der Waals surface area contributed by atoms with Crippen LogP contribution in [0.1, 0.15) is 44.2 Å². The summed E-state index contributed by atoms with van der Waals surface area (Å²) in [5, 5.41) is 14.0. The predicted octanol–water partition coefficient (Wildman–Crippen LogP) is 5.33. The van der Waals surface area contributed by atoms with Crippen molar-refractivity contribution in [3.63, 3.8) is 0 Å². The van der Waals surface area contributed by atoms with Gasteiger partial charge in [0.05, 0.1) is 17.7 Å². The Balaban J connectivity index is 1.52. The lowest BCUT2D eigenvalue weighted by Crippen LogP contribution is -2.40. The number of carbonyl (C=O) groups is 1. The maximum Gasteiger partial charge on any atom is 0.189 e. The van der Waals surface area contributed by atoms with Crippen molar-refractivity contribution in [2.45, 2.75) is 44.7 Å². The van der Waals surface area contributed by atoms with Crippen LogP contribution in [-0.2, 0) is 14.5 Å². The zero-order valence-corrected chi connectivity index (χ0v) is 24.1. The molecular weight excluding hydrogens is 546 g/mol. The standard InChI is InChI=1S/C30H34F2N6O2S/c1-20(18-33)16-28(39)25-17-22(31)7-10-24(25)29-26(19-38(36-29)30-27(32)4-3-11-35-30)21-5-8-23(9-6-21)37-12-14-41(40,34-2)15-13-37/h3-6,8-9,11,19-20,22,24-25H,7,10,12-17H2,1-2H3/t20-,22+,24-,25-/m1/s1. The third-order valence-corrected chi connectivity index (χ3v) is 10.5. The van der Waals surface area contributed by atoms with E-state index in [0.29, 0.717) is 43.1 Å². The van der Waals surface area contributed by atoms with Crippen LogP contribution in [0.4, 0.5) is 14.5 Å². The molecule has 0 radical (unpaired) electrons. The van der Waals surface area contributed by atoms with E-state index in [-0.39, 0.29) is 30.4 Å². The maximum absolute atomic E-state index is 14.7. The zero-order valence-electron chi connectivity index (χ0n) is 23.2. The van der Waals surface area contributed by atoms with Crippen LogP contribution in [0.5, 0.6) is 0 Å². The van der Waals surface area contributed by atoms with Gasteiger partial charge in [-0.05, 0) is 56.0 Å². The average Bonchev–Trinajstić information content (AvgIpc) is 3.42. The molecule has 0 amide bonds. The highest BCUT2D eigenvalue weighted by molar-refractivity contribution is 7.93. The Morgan fingerprint density at radius 3 is 2.61 bits per heavy atom. The number of benzene rings is 1. The van der Waals surface area contributed by atoms with Crippen LogP contribution in [0.2, 0.25) is 0 Å². The van der Waals surface area contributed by atoms with Crippen molar-refractivity contribution >= 4 is 21.2 Å². The van der Waals surface area contributed by atoms with Crippen molar-refractivity contribution in [3.8, 4) is 23.0 Å². The summed E-state index contributed by atoms with van der Waals surface area (Å²) in [6, 6.07) is 12.8. The van der Waals surface area contributed by atoms with Gasteiger partial charge in [0.15, 0.2) is 11.6 Å². The number of hydrogen-bond donors (Lipinski definition) is 0. The normalized spacial score (nSPS) is 23.0. The lowest BCUT2D eigenvalue weighted by Gasteiger charge is -2.32. The first-order valence-corrected chi connectivity index (χ1v) is 15.8. The molecule has 1 aliphatic carbocycles. The first-order valence-electron chi connectivity index (χ1n) is 13.9. The fourth-order valence-corrected chi connectivity index (χ4v) is 7.43. The summed E-state index contributed by atoms with van der Waals surface area (Å²) in [7, 11) is -0.513. The predicted molar refractivity (Wildman–Crippen MR) is 155 cm³/mol. The molecule has 2 fully saturated rings. The van der Waals surface area contributed by atoms with Crippen molar-refractivity contribution < 1.29 is 17.8 Å². The topological polar surface area (TPSA) is 104 Å². The highest BCUT2D eigenvalue weighted by atomic mass is 32.2. The molecule has 3 heterocycles. The van der Waals surface area contributed by atoms with Crippen LogP contribution in [0.15, 0.2) is 53.2 Å². The Bertz CT molecular complexity index is 1560. The number of rotatable bonds is 7. The van der Waals surface area contributed by atoms with Gasteiger partial charge in [0.25, 0.3) is 0 Å². The summed E-state index contributed by atoms with van der Waals surface area (Å²) < 4.78 is 47.4. The molecule has 1 aromatic carbocycles. The van der Waals surface area contributed by atoms with Crippen LogP contribution in [0, 0.1) is 29.0 Å². The van der Waals surface area contributed by atoms with Gasteiger partial charge in [-0.2, -0.15) is 10.4 Å². The van der Waals surface area contributed by atoms with E-state index in [9.17, 15) is 23.0 Å². The largest absolute Gasteiger partial charge is 0.370 e. The van der Waals surface area contributed by atoms with Crippen molar-refractivity contribution in [2.75, 3.05) is 36.5 Å². The number of hydrogen-bond acceptors (Lipinski definition) is 7. The Morgan fingerprint density at radius 2 is 1.95 bits per heavy atom. The van der Waals surface area contributed by atoms with Crippen LogP contribution >= 0.6 is 0 Å². The van der Waals surface area contributed by atoms with E-state index < -0.39 is 33.6 Å². The third kappa shape index (κ3) is 6.17. The van der Waals surface area contributed by atoms with Gasteiger partial charge in [-0.15, -0.1) is 0 Å². The number of pyridine rings is 1. The molecule has 4 atom stereocenters. The van der Waals surface area contributed by atoms with Gasteiger partial charge in [-0.3, -0.25) is 4.79 Å². The molecule has 8 nitrogen and oxygen atoms in total. The third-order valence-electron chi connectivity index (χ3n) is 8.21. The van der Waals surface area contributed by atoms with Gasteiger partial charge < -0.3 is 4.90 Å². The molecule has 216 valence electrons. The van der Waals surface area contributed by atoms with Crippen molar-refractivity contribution in [1.29, 1.82) is 5.26 Å². The Kier molecular flexibility index (Phi) is 8.50. The second-order valence-electron chi connectivity index (χ2n) is 10.9. The maximum atomic E-state index is 14.7. The second kappa shape index (κ2) is 12.1. The van der Waals surface area contributed by atoms with Gasteiger partial charge in [-0.25, -0.2) is 27.0 Å². The lowest BCUT2D eigenvalue weighted by atomic mass is 9.72. The van der Waals surface area contributed by atoms with E-state index >= 15 is 0 Å². The molecule has 1 saturated heterocycles. The first-order chi connectivity index (χ1) is 19.7. The van der Waals surface area contributed by atoms with Crippen molar-refractivity contribution in [1.82, 2.24) is 14.8 Å². The quantitative estimate of drug-likeness (QED) is 0.374. The molecule has 2 aromatic heterocycles. The SMILES string of the molecule is CN=S1(=O)CCN(c2ccc(-c3cn(-c4ncccc4F)nc3[C@@H]3CC[C@H](F)C[C@H]3C(=O)C[C@@H](C)C#N)cc2)CC1. The minimum absolute atomic E-state index is 0.0371. The number of alkyl halides is 1. The monoisotopic (exact) mass is 580 g/mol. The molecule has 0 bridgehead atoms. The molecule has 0 spiro atoms. The Labute approximate surface area is 239 Å². The first kappa shape index (κ1) is 28.9. The molecule has 0 unspecified atom stereocenters. The summed E-state index contributed by atoms with van der Waals surface area (Å²) in [6.45, 7) is 2.98. The van der Waals surface area contributed by atoms with E-state index in [1.807, 2.05) is 24.3 Å². The highest BCUT2D eigenvalue weighted by Crippen LogP contribution is 2.43. The molecule has 3 aromatic rings. The van der Waals surface area contributed by atoms with Gasteiger partial charge in [0.2, 0.25) is 0 Å². The second-order valence-corrected chi connectivity index (χ2v) is 13.6. The van der Waals surface area contributed by atoms with Gasteiger partial charge in [0.1, 0.15) is 12.0 Å². The van der Waals surface area contributed by atoms with E-state index in [1.165, 1.54) is 23.0 Å². The number of anilines is 1. The van der Waals surface area contributed by atoms with Gasteiger partial charge in [-0.1, -0.05) is 12.1 Å². The number of Topliss-reactive ketones (excluding diaryl/α,β-unsaturated/α-hetero) is 1. The minimum Gasteiger partial charge on any atom is -0.370 e. The molecule has 1 saturated carbocycles. The number of nitriles is 1. The van der Waals surface area contributed by atoms with E-state index in [2.05, 4.69) is 20.3 Å². The summed E-state index contributed by atoms with van der Waals surface area (Å²) in [4.78, 5) is 19.7. The molecule has 0 N–H and O–H groups in total. The average molecular weight is 581 g/mol. The summed E-state index contributed by atoms with van der Waals surface area (Å²) in [6.07, 6.45) is 2.95. The summed E-state index contributed by atoms with van der Waals surface area (Å²) in [5.41, 5.74) is 3.14. The molecule has 41 heavy (non-hydrogen) atoms. The van der Waals surface area contributed by atoms with Crippen LogP contribution in [0.25, 0.3) is 16.9 Å². The Morgan fingerprint density at radius 1 is 1.22 bits per heavy atom. The van der Waals surface area contributed by atoms with Crippen LogP contribution < -0.4 is 4.90 Å². The number of ketones is 1. The molecule has 11 heteroatoms. The summed E-state index contributed by atoms with van der Waals surface area (Å²) in [5.74, 6) is -1.07. The molecule has 2 aliphatic rings. The van der Waals surface area contributed by atoms with E-state index in [4.69, 9.17) is 5.10 Å².